The van der Waals surface area contributed by atoms with E-state index < -0.39 is 6.92 Å². The summed E-state index contributed by atoms with van der Waals surface area (Å²) in [5, 5.41) is 12.8. The molecule has 0 aliphatic carbocycles. The van der Waals surface area contributed by atoms with Gasteiger partial charge in [0.15, 0.2) is 0 Å². The second-order valence-corrected chi connectivity index (χ2v) is 4.38. The summed E-state index contributed by atoms with van der Waals surface area (Å²) < 4.78 is 0. The summed E-state index contributed by atoms with van der Waals surface area (Å²) in [4.78, 5) is 0. The summed E-state index contributed by atoms with van der Waals surface area (Å²) in [7, 11) is 0. The molecule has 1 nitrogen and oxygen atoms in total. The lowest BCUT2D eigenvalue weighted by Gasteiger charge is -2.10. The third kappa shape index (κ3) is 1.91. The van der Waals surface area contributed by atoms with Crippen LogP contribution in [0.2, 0.25) is 0 Å². The van der Waals surface area contributed by atoms with E-state index in [9.17, 15) is 5.02 Å². The zero-order valence-electron chi connectivity index (χ0n) is 9.95. The van der Waals surface area contributed by atoms with Crippen LogP contribution in [-0.4, -0.2) is 11.9 Å². The molecule has 0 bridgehead atoms. The van der Waals surface area contributed by atoms with Gasteiger partial charge < -0.3 is 5.02 Å². The van der Waals surface area contributed by atoms with Gasteiger partial charge in [-0.05, 0) is 21.7 Å². The molecule has 2 heteroatoms. The number of benzene rings is 3. The SMILES string of the molecule is OB(c1ccccc1)c1cccc2ccccc12. The van der Waals surface area contributed by atoms with Gasteiger partial charge in [-0.25, -0.2) is 0 Å². The van der Waals surface area contributed by atoms with Crippen molar-refractivity contribution >= 4 is 28.6 Å². The van der Waals surface area contributed by atoms with Crippen molar-refractivity contribution in [1.82, 2.24) is 0 Å². The minimum atomic E-state index is -0.572. The van der Waals surface area contributed by atoms with Crippen LogP contribution >= 0.6 is 0 Å². The molecule has 0 radical (unpaired) electrons. The van der Waals surface area contributed by atoms with E-state index in [2.05, 4.69) is 18.2 Å². The van der Waals surface area contributed by atoms with Gasteiger partial charge in [-0.2, -0.15) is 0 Å². The molecular weight excluding hydrogens is 219 g/mol. The van der Waals surface area contributed by atoms with Crippen molar-refractivity contribution in [1.29, 1.82) is 0 Å². The smallest absolute Gasteiger partial charge is 0.359 e. The quantitative estimate of drug-likeness (QED) is 0.669. The highest BCUT2D eigenvalue weighted by Crippen LogP contribution is 2.11. The van der Waals surface area contributed by atoms with Crippen molar-refractivity contribution < 1.29 is 5.02 Å². The van der Waals surface area contributed by atoms with Crippen LogP contribution in [0.15, 0.2) is 72.8 Å². The zero-order chi connectivity index (χ0) is 12.4. The standard InChI is InChI=1S/C16H13BO/c18-17(14-9-2-1-3-10-14)16-12-6-8-13-7-4-5-11-15(13)16/h1-12,18H. The van der Waals surface area contributed by atoms with Crippen LogP contribution in [0.1, 0.15) is 0 Å². The van der Waals surface area contributed by atoms with Crippen molar-refractivity contribution in [3.05, 3.63) is 72.8 Å². The van der Waals surface area contributed by atoms with E-state index in [-0.39, 0.29) is 0 Å². The lowest BCUT2D eigenvalue weighted by atomic mass is 9.55. The molecule has 3 aromatic carbocycles. The molecule has 1 N–H and O–H groups in total. The molecule has 3 rings (SSSR count). The summed E-state index contributed by atoms with van der Waals surface area (Å²) in [5.41, 5.74) is 1.88. The van der Waals surface area contributed by atoms with Gasteiger partial charge in [0, 0.05) is 0 Å². The average Bonchev–Trinajstić information content (AvgIpc) is 2.47. The predicted octanol–water partition coefficient (Wildman–Crippen LogP) is 1.94. The van der Waals surface area contributed by atoms with Crippen LogP contribution in [0.3, 0.4) is 0 Å². The number of fused-ring (bicyclic) bond motifs is 1. The molecule has 0 spiro atoms. The summed E-state index contributed by atoms with van der Waals surface area (Å²) in [6.45, 7) is -0.572. The molecule has 0 amide bonds. The minimum Gasteiger partial charge on any atom is -0.443 e. The first-order valence-electron chi connectivity index (χ1n) is 6.07. The maximum Gasteiger partial charge on any atom is 0.359 e. The lowest BCUT2D eigenvalue weighted by Crippen LogP contribution is -2.42. The van der Waals surface area contributed by atoms with E-state index in [1.807, 2.05) is 54.6 Å². The Balaban J connectivity index is 2.15. The van der Waals surface area contributed by atoms with Crippen LogP contribution in [-0.2, 0) is 0 Å². The van der Waals surface area contributed by atoms with Crippen molar-refractivity contribution in [2.75, 3.05) is 0 Å². The first-order valence-corrected chi connectivity index (χ1v) is 6.07. The van der Waals surface area contributed by atoms with Crippen LogP contribution < -0.4 is 10.9 Å². The second kappa shape index (κ2) is 4.67. The Morgan fingerprint density at radius 1 is 0.667 bits per heavy atom. The third-order valence-electron chi connectivity index (χ3n) is 3.23. The molecule has 0 fully saturated rings. The van der Waals surface area contributed by atoms with E-state index in [1.54, 1.807) is 0 Å². The highest BCUT2D eigenvalue weighted by molar-refractivity contribution is 6.80. The first kappa shape index (κ1) is 11.1. The summed E-state index contributed by atoms with van der Waals surface area (Å²) >= 11 is 0. The molecule has 3 aromatic rings. The zero-order valence-corrected chi connectivity index (χ0v) is 9.95. The van der Waals surface area contributed by atoms with Gasteiger partial charge in [-0.3, -0.25) is 0 Å². The van der Waals surface area contributed by atoms with Crippen molar-refractivity contribution in [2.24, 2.45) is 0 Å². The monoisotopic (exact) mass is 232 g/mol. The predicted molar refractivity (Wildman–Crippen MR) is 77.6 cm³/mol. The van der Waals surface area contributed by atoms with Gasteiger partial charge in [-0.15, -0.1) is 0 Å². The molecule has 0 saturated carbocycles. The molecule has 0 aromatic heterocycles. The largest absolute Gasteiger partial charge is 0.443 e. The first-order chi connectivity index (χ1) is 8.86. The average molecular weight is 232 g/mol. The molecule has 86 valence electrons. The maximum absolute atomic E-state index is 10.5. The Bertz CT molecular complexity index is 659. The Hall–Kier alpha value is -2.06. The van der Waals surface area contributed by atoms with E-state index >= 15 is 0 Å². The van der Waals surface area contributed by atoms with Gasteiger partial charge in [0.25, 0.3) is 0 Å². The molecular formula is C16H13BO. The molecule has 18 heavy (non-hydrogen) atoms. The summed E-state index contributed by atoms with van der Waals surface area (Å²) in [6, 6.07) is 23.9. The maximum atomic E-state index is 10.5. The highest BCUT2D eigenvalue weighted by atomic mass is 16.2. The van der Waals surface area contributed by atoms with E-state index in [0.29, 0.717) is 0 Å². The molecule has 0 saturated heterocycles. The van der Waals surface area contributed by atoms with Gasteiger partial charge in [0.05, 0.1) is 0 Å². The summed E-state index contributed by atoms with van der Waals surface area (Å²) in [5.74, 6) is 0. The van der Waals surface area contributed by atoms with Crippen molar-refractivity contribution in [2.45, 2.75) is 0 Å². The minimum absolute atomic E-state index is 0.572. The van der Waals surface area contributed by atoms with Crippen LogP contribution in [0.5, 0.6) is 0 Å². The van der Waals surface area contributed by atoms with Gasteiger partial charge >= 0.3 is 6.92 Å². The van der Waals surface area contributed by atoms with Crippen LogP contribution in [0.4, 0.5) is 0 Å². The van der Waals surface area contributed by atoms with Crippen LogP contribution in [0, 0.1) is 0 Å². The van der Waals surface area contributed by atoms with Crippen molar-refractivity contribution in [3.8, 4) is 0 Å². The Kier molecular flexibility index (Phi) is 2.87. The molecule has 0 heterocycles. The molecule has 0 aliphatic rings. The molecule has 0 aliphatic heterocycles. The highest BCUT2D eigenvalue weighted by Gasteiger charge is 2.18. The Labute approximate surface area is 107 Å². The van der Waals surface area contributed by atoms with Crippen molar-refractivity contribution in [3.63, 3.8) is 0 Å². The van der Waals surface area contributed by atoms with Gasteiger partial charge in [0.2, 0.25) is 0 Å². The fourth-order valence-electron chi connectivity index (χ4n) is 2.30. The van der Waals surface area contributed by atoms with Gasteiger partial charge in [-0.1, -0.05) is 72.8 Å². The Morgan fingerprint density at radius 3 is 2.17 bits per heavy atom. The molecule has 0 atom stereocenters. The normalized spacial score (nSPS) is 10.5. The fourth-order valence-corrected chi connectivity index (χ4v) is 2.30. The topological polar surface area (TPSA) is 20.2 Å². The van der Waals surface area contributed by atoms with E-state index in [0.717, 1.165) is 21.7 Å². The lowest BCUT2D eigenvalue weighted by molar-refractivity contribution is 0.600. The summed E-state index contributed by atoms with van der Waals surface area (Å²) in [6.07, 6.45) is 0. The van der Waals surface area contributed by atoms with E-state index in [4.69, 9.17) is 0 Å². The Morgan fingerprint density at radius 2 is 1.33 bits per heavy atom. The molecule has 0 unspecified atom stereocenters. The fraction of sp³-hybridized carbons (Fsp3) is 0. The number of rotatable bonds is 2. The second-order valence-electron chi connectivity index (χ2n) is 4.38. The third-order valence-corrected chi connectivity index (χ3v) is 3.23. The van der Waals surface area contributed by atoms with E-state index in [1.165, 1.54) is 0 Å². The number of hydrogen-bond donors (Lipinski definition) is 1. The van der Waals surface area contributed by atoms with Gasteiger partial charge in [0.1, 0.15) is 0 Å². The number of hydrogen-bond acceptors (Lipinski definition) is 1. The van der Waals surface area contributed by atoms with Crippen LogP contribution in [0.25, 0.3) is 10.8 Å².